The van der Waals surface area contributed by atoms with Gasteiger partial charge in [-0.05, 0) is 49.1 Å². The SMILES string of the molecule is O=C(NCc1cccnc1)c1cccc(C(=O)N2CCCCC2)c1. The number of nitrogens with zero attached hydrogens (tertiary/aromatic N) is 2. The molecule has 0 bridgehead atoms. The predicted octanol–water partition coefficient (Wildman–Crippen LogP) is 2.64. The average Bonchev–Trinajstić information content (AvgIpc) is 2.67. The van der Waals surface area contributed by atoms with Crippen LogP contribution in [0.5, 0.6) is 0 Å². The van der Waals surface area contributed by atoms with Crippen molar-refractivity contribution in [2.24, 2.45) is 0 Å². The van der Waals surface area contributed by atoms with Gasteiger partial charge in [-0.15, -0.1) is 0 Å². The van der Waals surface area contributed by atoms with E-state index >= 15 is 0 Å². The van der Waals surface area contributed by atoms with E-state index in [9.17, 15) is 9.59 Å². The zero-order valence-electron chi connectivity index (χ0n) is 13.6. The summed E-state index contributed by atoms with van der Waals surface area (Å²) in [6.07, 6.45) is 6.70. The molecular formula is C19H21N3O2. The second kappa shape index (κ2) is 7.73. The Bertz CT molecular complexity index is 710. The minimum atomic E-state index is -0.188. The molecule has 0 atom stereocenters. The number of nitrogens with one attached hydrogen (secondary N) is 1. The van der Waals surface area contributed by atoms with Gasteiger partial charge in [0.1, 0.15) is 0 Å². The Kier molecular flexibility index (Phi) is 5.21. The van der Waals surface area contributed by atoms with Gasteiger partial charge in [0.05, 0.1) is 0 Å². The molecule has 0 radical (unpaired) electrons. The van der Waals surface area contributed by atoms with Crippen molar-refractivity contribution in [2.75, 3.05) is 13.1 Å². The van der Waals surface area contributed by atoms with Crippen molar-refractivity contribution in [2.45, 2.75) is 25.8 Å². The minimum absolute atomic E-state index is 0.0107. The third-order valence-corrected chi connectivity index (χ3v) is 4.19. The van der Waals surface area contributed by atoms with Crippen LogP contribution in [-0.4, -0.2) is 34.8 Å². The third kappa shape index (κ3) is 3.98. The van der Waals surface area contributed by atoms with Crippen LogP contribution < -0.4 is 5.32 Å². The molecule has 5 nitrogen and oxygen atoms in total. The van der Waals surface area contributed by atoms with E-state index < -0.39 is 0 Å². The van der Waals surface area contributed by atoms with Crippen molar-refractivity contribution in [3.63, 3.8) is 0 Å². The van der Waals surface area contributed by atoms with Crippen molar-refractivity contribution < 1.29 is 9.59 Å². The number of aromatic nitrogens is 1. The summed E-state index contributed by atoms with van der Waals surface area (Å²) < 4.78 is 0. The van der Waals surface area contributed by atoms with Crippen molar-refractivity contribution in [3.8, 4) is 0 Å². The number of rotatable bonds is 4. The lowest BCUT2D eigenvalue weighted by Gasteiger charge is -2.26. The van der Waals surface area contributed by atoms with Crippen molar-refractivity contribution in [1.29, 1.82) is 0 Å². The van der Waals surface area contributed by atoms with Crippen LogP contribution in [-0.2, 0) is 6.54 Å². The zero-order chi connectivity index (χ0) is 16.8. The van der Waals surface area contributed by atoms with Crippen molar-refractivity contribution >= 4 is 11.8 Å². The summed E-state index contributed by atoms with van der Waals surface area (Å²) in [6, 6.07) is 10.7. The minimum Gasteiger partial charge on any atom is -0.348 e. The Hall–Kier alpha value is -2.69. The Morgan fingerprint density at radius 2 is 1.83 bits per heavy atom. The van der Waals surface area contributed by atoms with E-state index in [0.717, 1.165) is 31.5 Å². The summed E-state index contributed by atoms with van der Waals surface area (Å²) >= 11 is 0. The zero-order valence-corrected chi connectivity index (χ0v) is 13.6. The number of carbonyl (C=O) groups excluding carboxylic acids is 2. The van der Waals surface area contributed by atoms with Gasteiger partial charge in [-0.2, -0.15) is 0 Å². The Balaban J connectivity index is 1.65. The summed E-state index contributed by atoms with van der Waals surface area (Å²) in [6.45, 7) is 2.02. The van der Waals surface area contributed by atoms with Gasteiger partial charge in [-0.1, -0.05) is 12.1 Å². The third-order valence-electron chi connectivity index (χ3n) is 4.19. The average molecular weight is 323 g/mol. The second-order valence-electron chi connectivity index (χ2n) is 5.98. The highest BCUT2D eigenvalue weighted by Gasteiger charge is 2.19. The van der Waals surface area contributed by atoms with Crippen LogP contribution in [0.2, 0.25) is 0 Å². The van der Waals surface area contributed by atoms with Crippen LogP contribution >= 0.6 is 0 Å². The Morgan fingerprint density at radius 3 is 2.58 bits per heavy atom. The molecule has 1 aromatic heterocycles. The van der Waals surface area contributed by atoms with Gasteiger partial charge in [0.2, 0.25) is 0 Å². The summed E-state index contributed by atoms with van der Waals surface area (Å²) in [4.78, 5) is 30.7. The second-order valence-corrected chi connectivity index (χ2v) is 5.98. The molecule has 1 aliphatic rings. The molecule has 2 amide bonds. The van der Waals surface area contributed by atoms with Crippen LogP contribution in [0.1, 0.15) is 45.5 Å². The van der Waals surface area contributed by atoms with Crippen LogP contribution in [0.25, 0.3) is 0 Å². The maximum absolute atomic E-state index is 12.5. The maximum atomic E-state index is 12.5. The molecule has 24 heavy (non-hydrogen) atoms. The number of pyridine rings is 1. The molecule has 1 N–H and O–H groups in total. The summed E-state index contributed by atoms with van der Waals surface area (Å²) in [5.74, 6) is -0.177. The molecule has 2 aromatic rings. The molecule has 0 aliphatic carbocycles. The maximum Gasteiger partial charge on any atom is 0.253 e. The van der Waals surface area contributed by atoms with E-state index in [4.69, 9.17) is 0 Å². The molecule has 124 valence electrons. The Labute approximate surface area is 141 Å². The molecule has 1 aliphatic heterocycles. The smallest absolute Gasteiger partial charge is 0.253 e. The molecule has 0 unspecified atom stereocenters. The largest absolute Gasteiger partial charge is 0.348 e. The monoisotopic (exact) mass is 323 g/mol. The lowest BCUT2D eigenvalue weighted by molar-refractivity contribution is 0.0724. The molecule has 0 saturated carbocycles. The fourth-order valence-electron chi connectivity index (χ4n) is 2.86. The number of amides is 2. The van der Waals surface area contributed by atoms with Crippen LogP contribution in [0.3, 0.4) is 0 Å². The van der Waals surface area contributed by atoms with Crippen molar-refractivity contribution in [3.05, 3.63) is 65.5 Å². The van der Waals surface area contributed by atoms with Gasteiger partial charge in [-0.25, -0.2) is 0 Å². The molecule has 1 aromatic carbocycles. The van der Waals surface area contributed by atoms with E-state index in [0.29, 0.717) is 17.7 Å². The fourth-order valence-corrected chi connectivity index (χ4v) is 2.86. The topological polar surface area (TPSA) is 62.3 Å². The summed E-state index contributed by atoms with van der Waals surface area (Å²) in [7, 11) is 0. The van der Waals surface area contributed by atoms with Gasteiger partial charge in [0, 0.05) is 43.2 Å². The first-order valence-electron chi connectivity index (χ1n) is 8.30. The molecule has 0 spiro atoms. The molecule has 2 heterocycles. The lowest BCUT2D eigenvalue weighted by atomic mass is 10.1. The van der Waals surface area contributed by atoms with E-state index in [1.165, 1.54) is 6.42 Å². The number of hydrogen-bond donors (Lipinski definition) is 1. The van der Waals surface area contributed by atoms with Crippen molar-refractivity contribution in [1.82, 2.24) is 15.2 Å². The van der Waals surface area contributed by atoms with Crippen LogP contribution in [0.4, 0.5) is 0 Å². The molecule has 5 heteroatoms. The Morgan fingerprint density at radius 1 is 1.04 bits per heavy atom. The first kappa shape index (κ1) is 16.2. The standard InChI is InChI=1S/C19H21N3O2/c23-18(21-14-15-6-5-9-20-13-15)16-7-4-8-17(12-16)19(24)22-10-2-1-3-11-22/h4-9,12-13H,1-3,10-11,14H2,(H,21,23). The lowest BCUT2D eigenvalue weighted by Crippen LogP contribution is -2.35. The quantitative estimate of drug-likeness (QED) is 0.941. The van der Waals surface area contributed by atoms with E-state index in [1.54, 1.807) is 36.7 Å². The highest BCUT2D eigenvalue weighted by atomic mass is 16.2. The number of carbonyl (C=O) groups is 2. The van der Waals surface area contributed by atoms with E-state index in [1.807, 2.05) is 17.0 Å². The number of hydrogen-bond acceptors (Lipinski definition) is 3. The number of likely N-dealkylation sites (tertiary alicyclic amines) is 1. The molecule has 3 rings (SSSR count). The fraction of sp³-hybridized carbons (Fsp3) is 0.316. The number of piperidine rings is 1. The predicted molar refractivity (Wildman–Crippen MR) is 91.6 cm³/mol. The number of benzene rings is 1. The normalized spacial score (nSPS) is 14.2. The molecule has 1 saturated heterocycles. The van der Waals surface area contributed by atoms with Gasteiger partial charge in [0.15, 0.2) is 0 Å². The van der Waals surface area contributed by atoms with E-state index in [-0.39, 0.29) is 11.8 Å². The van der Waals surface area contributed by atoms with Gasteiger partial charge < -0.3 is 10.2 Å². The first-order valence-corrected chi connectivity index (χ1v) is 8.30. The van der Waals surface area contributed by atoms with E-state index in [2.05, 4.69) is 10.3 Å². The van der Waals surface area contributed by atoms with Gasteiger partial charge in [0.25, 0.3) is 11.8 Å². The highest BCUT2D eigenvalue weighted by molar-refractivity contribution is 5.99. The van der Waals surface area contributed by atoms with Crippen LogP contribution in [0.15, 0.2) is 48.8 Å². The summed E-state index contributed by atoms with van der Waals surface area (Å²) in [5, 5.41) is 2.86. The highest BCUT2D eigenvalue weighted by Crippen LogP contribution is 2.14. The first-order chi connectivity index (χ1) is 11.7. The van der Waals surface area contributed by atoms with Gasteiger partial charge >= 0.3 is 0 Å². The molecule has 1 fully saturated rings. The molecular weight excluding hydrogens is 302 g/mol. The van der Waals surface area contributed by atoms with Gasteiger partial charge in [-0.3, -0.25) is 14.6 Å². The van der Waals surface area contributed by atoms with Crippen LogP contribution in [0, 0.1) is 0 Å². The summed E-state index contributed by atoms with van der Waals surface area (Å²) in [5.41, 5.74) is 2.01.